The molecule has 1 N–H and O–H groups in total. The molecule has 0 spiro atoms. The fourth-order valence-corrected chi connectivity index (χ4v) is 1.86. The Hall–Kier alpha value is -0.440. The summed E-state index contributed by atoms with van der Waals surface area (Å²) in [4.78, 5) is 0. The molecule has 0 fully saturated rings. The van der Waals surface area contributed by atoms with Gasteiger partial charge >= 0.3 is 0 Å². The zero-order chi connectivity index (χ0) is 11.3. The maximum absolute atomic E-state index is 5.90. The lowest BCUT2D eigenvalue weighted by Gasteiger charge is -2.17. The first-order chi connectivity index (χ1) is 7.15. The van der Waals surface area contributed by atoms with Crippen LogP contribution < -0.4 is 5.32 Å². The van der Waals surface area contributed by atoms with Crippen LogP contribution in [0.4, 0.5) is 5.69 Å². The number of methoxy groups -OCH3 is 1. The summed E-state index contributed by atoms with van der Waals surface area (Å²) in [5.41, 5.74) is 0.927. The highest BCUT2D eigenvalue weighted by molar-refractivity contribution is 6.35. The van der Waals surface area contributed by atoms with Crippen molar-refractivity contribution < 1.29 is 4.74 Å². The van der Waals surface area contributed by atoms with Crippen LogP contribution in [-0.2, 0) is 4.74 Å². The van der Waals surface area contributed by atoms with Gasteiger partial charge in [0, 0.05) is 28.9 Å². The quantitative estimate of drug-likeness (QED) is 0.854. The SMILES string of the molecule is CCC(COC)Nc1cc(Cl)cc(Cl)c1. The first-order valence-electron chi connectivity index (χ1n) is 4.87. The third kappa shape index (κ3) is 4.29. The molecule has 0 aliphatic rings. The van der Waals surface area contributed by atoms with Crippen LogP contribution in [0, 0.1) is 0 Å². The van der Waals surface area contributed by atoms with Crippen LogP contribution in [0.15, 0.2) is 18.2 Å². The third-order valence-corrected chi connectivity index (χ3v) is 2.53. The van der Waals surface area contributed by atoms with Crippen molar-refractivity contribution in [2.45, 2.75) is 19.4 Å². The van der Waals surface area contributed by atoms with E-state index >= 15 is 0 Å². The first kappa shape index (κ1) is 12.6. The van der Waals surface area contributed by atoms with Crippen LogP contribution in [0.25, 0.3) is 0 Å². The normalized spacial score (nSPS) is 12.5. The molecule has 0 saturated heterocycles. The molecule has 0 aliphatic carbocycles. The van der Waals surface area contributed by atoms with Gasteiger partial charge in [-0.2, -0.15) is 0 Å². The summed E-state index contributed by atoms with van der Waals surface area (Å²) >= 11 is 11.8. The molecule has 1 aromatic rings. The van der Waals surface area contributed by atoms with Crippen molar-refractivity contribution in [2.24, 2.45) is 0 Å². The lowest BCUT2D eigenvalue weighted by atomic mass is 10.2. The van der Waals surface area contributed by atoms with E-state index in [0.717, 1.165) is 12.1 Å². The Bertz CT molecular complexity index is 297. The van der Waals surface area contributed by atoms with Gasteiger partial charge in [-0.15, -0.1) is 0 Å². The Morgan fingerprint density at radius 2 is 1.87 bits per heavy atom. The van der Waals surface area contributed by atoms with Gasteiger partial charge in [0.15, 0.2) is 0 Å². The van der Waals surface area contributed by atoms with E-state index in [1.807, 2.05) is 12.1 Å². The Balaban J connectivity index is 2.69. The molecule has 0 radical (unpaired) electrons. The summed E-state index contributed by atoms with van der Waals surface area (Å²) in [6.45, 7) is 2.77. The van der Waals surface area contributed by atoms with Crippen molar-refractivity contribution in [3.63, 3.8) is 0 Å². The van der Waals surface area contributed by atoms with E-state index in [1.165, 1.54) is 0 Å². The molecule has 4 heteroatoms. The second-order valence-electron chi connectivity index (χ2n) is 3.36. The van der Waals surface area contributed by atoms with Gasteiger partial charge in [0.1, 0.15) is 0 Å². The minimum absolute atomic E-state index is 0.282. The van der Waals surface area contributed by atoms with E-state index in [9.17, 15) is 0 Å². The molecule has 0 amide bonds. The minimum Gasteiger partial charge on any atom is -0.383 e. The standard InChI is InChI=1S/C11H15Cl2NO/c1-3-10(7-15-2)14-11-5-8(12)4-9(13)6-11/h4-6,10,14H,3,7H2,1-2H3. The number of rotatable bonds is 5. The van der Waals surface area contributed by atoms with E-state index in [4.69, 9.17) is 27.9 Å². The number of halogens is 2. The van der Waals surface area contributed by atoms with Crippen molar-refractivity contribution in [1.82, 2.24) is 0 Å². The van der Waals surface area contributed by atoms with Crippen molar-refractivity contribution in [1.29, 1.82) is 0 Å². The molecule has 15 heavy (non-hydrogen) atoms. The Kier molecular flexibility index (Phi) is 5.23. The van der Waals surface area contributed by atoms with Gasteiger partial charge in [0.25, 0.3) is 0 Å². The highest BCUT2D eigenvalue weighted by Gasteiger charge is 2.06. The summed E-state index contributed by atoms with van der Waals surface area (Å²) in [5.74, 6) is 0. The fraction of sp³-hybridized carbons (Fsp3) is 0.455. The largest absolute Gasteiger partial charge is 0.383 e. The van der Waals surface area contributed by atoms with Crippen molar-refractivity contribution in [2.75, 3.05) is 19.0 Å². The molecule has 1 atom stereocenters. The average molecular weight is 248 g/mol. The summed E-state index contributed by atoms with van der Waals surface area (Å²) in [6.07, 6.45) is 0.984. The lowest BCUT2D eigenvalue weighted by Crippen LogP contribution is -2.23. The number of hydrogen-bond donors (Lipinski definition) is 1. The van der Waals surface area contributed by atoms with Gasteiger partial charge in [-0.1, -0.05) is 30.1 Å². The second kappa shape index (κ2) is 6.21. The zero-order valence-electron chi connectivity index (χ0n) is 8.89. The number of hydrogen-bond acceptors (Lipinski definition) is 2. The molecule has 0 saturated carbocycles. The molecular weight excluding hydrogens is 233 g/mol. The molecule has 1 rings (SSSR count). The van der Waals surface area contributed by atoms with Gasteiger partial charge in [0.2, 0.25) is 0 Å². The van der Waals surface area contributed by atoms with Gasteiger partial charge in [-0.3, -0.25) is 0 Å². The zero-order valence-corrected chi connectivity index (χ0v) is 10.4. The smallest absolute Gasteiger partial charge is 0.0663 e. The number of nitrogens with one attached hydrogen (secondary N) is 1. The first-order valence-corrected chi connectivity index (χ1v) is 5.63. The Labute approximate surface area is 101 Å². The van der Waals surface area contributed by atoms with Crippen molar-refractivity contribution in [3.05, 3.63) is 28.2 Å². The molecule has 0 aliphatic heterocycles. The lowest BCUT2D eigenvalue weighted by molar-refractivity contribution is 0.184. The highest BCUT2D eigenvalue weighted by Crippen LogP contribution is 2.23. The molecule has 1 aromatic carbocycles. The van der Waals surface area contributed by atoms with Gasteiger partial charge in [-0.05, 0) is 24.6 Å². The van der Waals surface area contributed by atoms with Crippen LogP contribution >= 0.6 is 23.2 Å². The number of anilines is 1. The van der Waals surface area contributed by atoms with E-state index in [0.29, 0.717) is 16.7 Å². The maximum Gasteiger partial charge on any atom is 0.0663 e. The van der Waals surface area contributed by atoms with Crippen LogP contribution in [0.1, 0.15) is 13.3 Å². The second-order valence-corrected chi connectivity index (χ2v) is 4.24. The predicted octanol–water partition coefficient (Wildman–Crippen LogP) is 3.83. The van der Waals surface area contributed by atoms with Crippen LogP contribution in [-0.4, -0.2) is 19.8 Å². The van der Waals surface area contributed by atoms with Gasteiger partial charge in [-0.25, -0.2) is 0 Å². The molecule has 0 bridgehead atoms. The summed E-state index contributed by atoms with van der Waals surface area (Å²) in [5, 5.41) is 4.59. The fourth-order valence-electron chi connectivity index (χ4n) is 1.34. The van der Waals surface area contributed by atoms with Crippen LogP contribution in [0.3, 0.4) is 0 Å². The van der Waals surface area contributed by atoms with E-state index < -0.39 is 0 Å². The topological polar surface area (TPSA) is 21.3 Å². The predicted molar refractivity (Wildman–Crippen MR) is 66.0 cm³/mol. The van der Waals surface area contributed by atoms with Gasteiger partial charge < -0.3 is 10.1 Å². The highest BCUT2D eigenvalue weighted by atomic mass is 35.5. The van der Waals surface area contributed by atoms with Crippen molar-refractivity contribution in [3.8, 4) is 0 Å². The van der Waals surface area contributed by atoms with Crippen LogP contribution in [0.2, 0.25) is 10.0 Å². The number of ether oxygens (including phenoxy) is 1. The van der Waals surface area contributed by atoms with Crippen molar-refractivity contribution >= 4 is 28.9 Å². The van der Waals surface area contributed by atoms with E-state index in [-0.39, 0.29) is 6.04 Å². The third-order valence-electron chi connectivity index (χ3n) is 2.09. The average Bonchev–Trinajstić information content (AvgIpc) is 2.15. The molecule has 0 aromatic heterocycles. The minimum atomic E-state index is 0.282. The van der Waals surface area contributed by atoms with Crippen LogP contribution in [0.5, 0.6) is 0 Å². The monoisotopic (exact) mass is 247 g/mol. The van der Waals surface area contributed by atoms with E-state index in [1.54, 1.807) is 13.2 Å². The molecule has 84 valence electrons. The van der Waals surface area contributed by atoms with E-state index in [2.05, 4.69) is 12.2 Å². The summed E-state index contributed by atoms with van der Waals surface area (Å²) in [6, 6.07) is 5.70. The number of benzene rings is 1. The molecular formula is C11H15Cl2NO. The Morgan fingerprint density at radius 1 is 1.27 bits per heavy atom. The molecule has 0 heterocycles. The maximum atomic E-state index is 5.90. The summed E-state index contributed by atoms with van der Waals surface area (Å²) in [7, 11) is 1.69. The molecule has 2 nitrogen and oxygen atoms in total. The van der Waals surface area contributed by atoms with Gasteiger partial charge in [0.05, 0.1) is 6.61 Å². The molecule has 1 unspecified atom stereocenters. The Morgan fingerprint density at radius 3 is 2.33 bits per heavy atom. The summed E-state index contributed by atoms with van der Waals surface area (Å²) < 4.78 is 5.10.